The third-order valence-electron chi connectivity index (χ3n) is 5.61. The maximum atomic E-state index is 13.3. The van der Waals surface area contributed by atoms with Crippen LogP contribution in [0.15, 0.2) is 99.5 Å². The molecule has 0 bridgehead atoms. The van der Waals surface area contributed by atoms with Crippen LogP contribution in [0, 0.1) is 0 Å². The number of ether oxygens (including phenoxy) is 1. The summed E-state index contributed by atoms with van der Waals surface area (Å²) in [4.78, 5) is 24.1. The molecule has 3 aromatic rings. The van der Waals surface area contributed by atoms with Gasteiger partial charge in [0.15, 0.2) is 0 Å². The molecule has 0 radical (unpaired) electrons. The van der Waals surface area contributed by atoms with Gasteiger partial charge in [0.05, 0.1) is 18.6 Å². The summed E-state index contributed by atoms with van der Waals surface area (Å²) in [6, 6.07) is 24.9. The summed E-state index contributed by atoms with van der Waals surface area (Å²) >= 11 is 1.62. The summed E-state index contributed by atoms with van der Waals surface area (Å²) in [6.07, 6.45) is 0.422. The zero-order valence-electron chi connectivity index (χ0n) is 18.1. The van der Waals surface area contributed by atoms with Gasteiger partial charge in [-0.15, -0.1) is 0 Å². The number of nitrogens with zero attached hydrogens (tertiary/aromatic N) is 3. The Morgan fingerprint density at radius 3 is 2.42 bits per heavy atom. The standard InChI is InChI=1S/C26H23N3O3S/c1-32-21-11-13-22(14-12-21)33-24-16-28(19-5-3-2-4-6-19)17-29-25(24)27-23(26(29)31)15-18-7-9-20(30)10-8-18/h2-14,30H,15-17H2,1H3. The van der Waals surface area contributed by atoms with Crippen molar-refractivity contribution < 1.29 is 14.6 Å². The highest BCUT2D eigenvalue weighted by molar-refractivity contribution is 8.03. The first-order valence-corrected chi connectivity index (χ1v) is 11.4. The van der Waals surface area contributed by atoms with Gasteiger partial charge in [-0.3, -0.25) is 9.69 Å². The molecule has 0 atom stereocenters. The first kappa shape index (κ1) is 21.2. The molecule has 0 fully saturated rings. The third kappa shape index (κ3) is 4.45. The molecule has 0 saturated carbocycles. The SMILES string of the molecule is COc1ccc(SC2=C3N=C(Cc4ccc(O)cc4)C(=O)N3CN(c3ccccc3)C2)cc1. The molecular formula is C26H23N3O3S. The molecule has 2 aliphatic rings. The molecule has 0 aliphatic carbocycles. The second-order valence-corrected chi connectivity index (χ2v) is 9.00. The van der Waals surface area contributed by atoms with E-state index >= 15 is 0 Å². The number of aromatic hydroxyl groups is 1. The second-order valence-electron chi connectivity index (χ2n) is 7.83. The summed E-state index contributed by atoms with van der Waals surface area (Å²) in [5.41, 5.74) is 2.51. The Labute approximate surface area is 196 Å². The molecule has 3 aromatic carbocycles. The van der Waals surface area contributed by atoms with Crippen molar-refractivity contribution in [3.05, 3.63) is 95.2 Å². The summed E-state index contributed by atoms with van der Waals surface area (Å²) < 4.78 is 5.28. The van der Waals surface area contributed by atoms with Crippen molar-refractivity contribution in [2.24, 2.45) is 4.99 Å². The predicted molar refractivity (Wildman–Crippen MR) is 131 cm³/mol. The van der Waals surface area contributed by atoms with E-state index in [1.165, 1.54) is 0 Å². The molecule has 5 rings (SSSR count). The van der Waals surface area contributed by atoms with E-state index in [-0.39, 0.29) is 11.7 Å². The number of hydrogen-bond donors (Lipinski definition) is 1. The van der Waals surface area contributed by atoms with Crippen LogP contribution in [0.1, 0.15) is 5.56 Å². The quantitative estimate of drug-likeness (QED) is 0.583. The normalized spacial score (nSPS) is 15.5. The van der Waals surface area contributed by atoms with Crippen LogP contribution in [0.4, 0.5) is 5.69 Å². The lowest BCUT2D eigenvalue weighted by molar-refractivity contribution is -0.121. The number of aliphatic imine (C=N–C) groups is 1. The maximum absolute atomic E-state index is 13.3. The Hall–Kier alpha value is -3.71. The van der Waals surface area contributed by atoms with Crippen molar-refractivity contribution in [2.75, 3.05) is 25.2 Å². The number of carbonyl (C=O) groups excluding carboxylic acids is 1. The molecule has 1 amide bonds. The van der Waals surface area contributed by atoms with Gasteiger partial charge >= 0.3 is 0 Å². The van der Waals surface area contributed by atoms with Crippen LogP contribution >= 0.6 is 11.8 Å². The molecule has 33 heavy (non-hydrogen) atoms. The molecule has 0 aromatic heterocycles. The lowest BCUT2D eigenvalue weighted by Gasteiger charge is -2.35. The fourth-order valence-electron chi connectivity index (χ4n) is 3.89. The fraction of sp³-hybridized carbons (Fsp3) is 0.154. The molecule has 7 heteroatoms. The number of carbonyl (C=O) groups is 1. The molecule has 0 saturated heterocycles. The number of rotatable bonds is 6. The zero-order valence-corrected chi connectivity index (χ0v) is 19.0. The van der Waals surface area contributed by atoms with Crippen molar-refractivity contribution >= 4 is 29.1 Å². The van der Waals surface area contributed by atoms with E-state index in [2.05, 4.69) is 17.0 Å². The fourth-order valence-corrected chi connectivity index (χ4v) is 4.92. The van der Waals surface area contributed by atoms with Crippen LogP contribution in [-0.2, 0) is 11.2 Å². The van der Waals surface area contributed by atoms with Gasteiger partial charge < -0.3 is 14.7 Å². The molecular weight excluding hydrogens is 434 g/mol. The monoisotopic (exact) mass is 457 g/mol. The van der Waals surface area contributed by atoms with Crippen LogP contribution in [-0.4, -0.2) is 41.9 Å². The highest BCUT2D eigenvalue weighted by atomic mass is 32.2. The van der Waals surface area contributed by atoms with Gasteiger partial charge in [-0.25, -0.2) is 4.99 Å². The van der Waals surface area contributed by atoms with Gasteiger partial charge in [-0.05, 0) is 54.1 Å². The molecule has 1 N–H and O–H groups in total. The first-order chi connectivity index (χ1) is 16.1. The number of methoxy groups -OCH3 is 1. The Morgan fingerprint density at radius 2 is 1.73 bits per heavy atom. The lowest BCUT2D eigenvalue weighted by Crippen LogP contribution is -2.45. The number of phenols is 1. The molecule has 166 valence electrons. The number of phenolic OH excluding ortho intramolecular Hbond substituents is 1. The van der Waals surface area contributed by atoms with Gasteiger partial charge in [0.25, 0.3) is 5.91 Å². The van der Waals surface area contributed by atoms with Gasteiger partial charge in [-0.1, -0.05) is 42.1 Å². The van der Waals surface area contributed by atoms with Crippen LogP contribution in [0.2, 0.25) is 0 Å². The van der Waals surface area contributed by atoms with Crippen LogP contribution < -0.4 is 9.64 Å². The van der Waals surface area contributed by atoms with Crippen LogP contribution in [0.25, 0.3) is 0 Å². The number of thioether (sulfide) groups is 1. The van der Waals surface area contributed by atoms with E-state index in [9.17, 15) is 9.90 Å². The highest BCUT2D eigenvalue weighted by Gasteiger charge is 2.37. The topological polar surface area (TPSA) is 65.4 Å². The van der Waals surface area contributed by atoms with E-state index < -0.39 is 0 Å². The summed E-state index contributed by atoms with van der Waals surface area (Å²) in [5.74, 6) is 1.65. The maximum Gasteiger partial charge on any atom is 0.275 e. The Kier molecular flexibility index (Phi) is 5.79. The first-order valence-electron chi connectivity index (χ1n) is 10.6. The Balaban J connectivity index is 1.48. The third-order valence-corrected chi connectivity index (χ3v) is 6.68. The molecule has 2 heterocycles. The number of hydrogen-bond acceptors (Lipinski definition) is 6. The highest BCUT2D eigenvalue weighted by Crippen LogP contribution is 2.38. The lowest BCUT2D eigenvalue weighted by atomic mass is 10.1. The summed E-state index contributed by atoms with van der Waals surface area (Å²) in [5, 5.41) is 9.55. The average molecular weight is 458 g/mol. The van der Waals surface area contributed by atoms with Gasteiger partial charge in [-0.2, -0.15) is 0 Å². The molecule has 0 spiro atoms. The Bertz CT molecular complexity index is 1220. The minimum absolute atomic E-state index is 0.0773. The van der Waals surface area contributed by atoms with E-state index in [0.29, 0.717) is 25.3 Å². The van der Waals surface area contributed by atoms with Crippen molar-refractivity contribution in [1.82, 2.24) is 4.90 Å². The largest absolute Gasteiger partial charge is 0.508 e. The van der Waals surface area contributed by atoms with E-state index in [0.717, 1.165) is 32.6 Å². The summed E-state index contributed by atoms with van der Waals surface area (Å²) in [7, 11) is 1.65. The second kappa shape index (κ2) is 9.03. The minimum Gasteiger partial charge on any atom is -0.508 e. The van der Waals surface area contributed by atoms with E-state index in [4.69, 9.17) is 9.73 Å². The number of benzene rings is 3. The number of anilines is 1. The summed E-state index contributed by atoms with van der Waals surface area (Å²) in [6.45, 7) is 1.11. The van der Waals surface area contributed by atoms with Gasteiger partial charge in [0.2, 0.25) is 0 Å². The predicted octanol–water partition coefficient (Wildman–Crippen LogP) is 4.67. The Morgan fingerprint density at radius 1 is 1.00 bits per heavy atom. The van der Waals surface area contributed by atoms with E-state index in [1.54, 1.807) is 35.9 Å². The number of amides is 1. The van der Waals surface area contributed by atoms with Gasteiger partial charge in [0.1, 0.15) is 29.7 Å². The van der Waals surface area contributed by atoms with Crippen molar-refractivity contribution in [3.8, 4) is 11.5 Å². The smallest absolute Gasteiger partial charge is 0.275 e. The average Bonchev–Trinajstić information content (AvgIpc) is 3.17. The van der Waals surface area contributed by atoms with Crippen LogP contribution in [0.5, 0.6) is 11.5 Å². The van der Waals surface area contributed by atoms with Crippen molar-refractivity contribution in [3.63, 3.8) is 0 Å². The van der Waals surface area contributed by atoms with E-state index in [1.807, 2.05) is 54.6 Å². The molecule has 6 nitrogen and oxygen atoms in total. The van der Waals surface area contributed by atoms with Crippen molar-refractivity contribution in [1.29, 1.82) is 0 Å². The minimum atomic E-state index is -0.0773. The van der Waals surface area contributed by atoms with Crippen molar-refractivity contribution in [2.45, 2.75) is 11.3 Å². The van der Waals surface area contributed by atoms with Crippen LogP contribution in [0.3, 0.4) is 0 Å². The molecule has 2 aliphatic heterocycles. The number of para-hydroxylation sites is 1. The number of fused-ring (bicyclic) bond motifs is 1. The molecule has 0 unspecified atom stereocenters. The van der Waals surface area contributed by atoms with Gasteiger partial charge in [0, 0.05) is 17.0 Å². The zero-order chi connectivity index (χ0) is 22.8.